The van der Waals surface area contributed by atoms with Crippen molar-refractivity contribution in [1.82, 2.24) is 0 Å². The van der Waals surface area contributed by atoms with Crippen molar-refractivity contribution in [2.75, 3.05) is 13.2 Å². The Labute approximate surface area is 179 Å². The lowest BCUT2D eigenvalue weighted by molar-refractivity contribution is 0.205. The van der Waals surface area contributed by atoms with E-state index in [0.29, 0.717) is 12.5 Å². The zero-order valence-corrected chi connectivity index (χ0v) is 19.9. The average molecular weight is 411 g/mol. The number of rotatable bonds is 11. The molecule has 0 fully saturated rings. The first kappa shape index (κ1) is 23.4. The summed E-state index contributed by atoms with van der Waals surface area (Å²) in [6.07, 6.45) is 3.09. The van der Waals surface area contributed by atoms with Crippen LogP contribution in [0.3, 0.4) is 0 Å². The maximum Gasteiger partial charge on any atom is 0.261 e. The molecule has 0 heterocycles. The molecule has 0 aliphatic rings. The van der Waals surface area contributed by atoms with Crippen molar-refractivity contribution >= 4 is 18.7 Å². The van der Waals surface area contributed by atoms with Gasteiger partial charge in [0.15, 0.2) is 0 Å². The minimum absolute atomic E-state index is 0.0323. The summed E-state index contributed by atoms with van der Waals surface area (Å²) in [5.74, 6) is 1.45. The van der Waals surface area contributed by atoms with E-state index in [4.69, 9.17) is 9.16 Å². The molecule has 1 unspecified atom stereocenters. The molecular weight excluding hydrogens is 372 g/mol. The minimum atomic E-state index is -2.41. The number of ether oxygens (including phenoxy) is 1. The summed E-state index contributed by atoms with van der Waals surface area (Å²) in [5.41, 5.74) is 0. The van der Waals surface area contributed by atoms with Crippen LogP contribution in [0, 0.1) is 5.92 Å². The largest absolute Gasteiger partial charge is 0.499 e. The third-order valence-corrected chi connectivity index (χ3v) is 10.5. The van der Waals surface area contributed by atoms with Crippen molar-refractivity contribution in [2.24, 2.45) is 5.92 Å². The van der Waals surface area contributed by atoms with Gasteiger partial charge in [-0.25, -0.2) is 0 Å². The maximum absolute atomic E-state index is 6.95. The normalized spacial score (nSPS) is 13.1. The second-order valence-corrected chi connectivity index (χ2v) is 13.2. The fraction of sp³-hybridized carbons (Fsp3) is 0.462. The number of allylic oxidation sites excluding steroid dienone is 1. The van der Waals surface area contributed by atoms with E-state index in [1.54, 1.807) is 0 Å². The van der Waals surface area contributed by atoms with Gasteiger partial charge in [-0.15, -0.1) is 0 Å². The zero-order chi connectivity index (χ0) is 21.3. The number of hydrogen-bond donors (Lipinski definition) is 0. The highest BCUT2D eigenvalue weighted by molar-refractivity contribution is 6.99. The van der Waals surface area contributed by atoms with Crippen LogP contribution in [-0.4, -0.2) is 21.5 Å². The first-order valence-corrected chi connectivity index (χ1v) is 12.8. The van der Waals surface area contributed by atoms with E-state index >= 15 is 0 Å². The monoisotopic (exact) mass is 410 g/mol. The molecule has 0 spiro atoms. The lowest BCUT2D eigenvalue weighted by Crippen LogP contribution is -2.66. The molecule has 29 heavy (non-hydrogen) atoms. The van der Waals surface area contributed by atoms with Gasteiger partial charge < -0.3 is 9.16 Å². The van der Waals surface area contributed by atoms with E-state index in [0.717, 1.165) is 31.6 Å². The van der Waals surface area contributed by atoms with E-state index in [1.165, 1.54) is 10.4 Å². The summed E-state index contributed by atoms with van der Waals surface area (Å²) in [4.78, 5) is 0. The van der Waals surface area contributed by atoms with Crippen LogP contribution in [0.1, 0.15) is 53.9 Å². The molecule has 0 aliphatic heterocycles. The summed E-state index contributed by atoms with van der Waals surface area (Å²) < 4.78 is 12.5. The Kier molecular flexibility index (Phi) is 8.73. The molecule has 158 valence electrons. The second-order valence-electron chi connectivity index (χ2n) is 8.93. The van der Waals surface area contributed by atoms with Crippen molar-refractivity contribution in [3.8, 4) is 0 Å². The van der Waals surface area contributed by atoms with Crippen LogP contribution < -0.4 is 10.4 Å². The number of benzene rings is 2. The molecule has 0 aliphatic carbocycles. The van der Waals surface area contributed by atoms with Gasteiger partial charge in [0.25, 0.3) is 8.32 Å². The minimum Gasteiger partial charge on any atom is -0.499 e. The van der Waals surface area contributed by atoms with Crippen molar-refractivity contribution in [3.05, 3.63) is 73.0 Å². The summed E-state index contributed by atoms with van der Waals surface area (Å²) in [6.45, 7) is 16.8. The molecule has 1 atom stereocenters. The van der Waals surface area contributed by atoms with Gasteiger partial charge in [0.2, 0.25) is 0 Å². The maximum atomic E-state index is 6.95. The Morgan fingerprint density at radius 2 is 1.48 bits per heavy atom. The Balaban J connectivity index is 2.18. The highest BCUT2D eigenvalue weighted by Gasteiger charge is 2.49. The van der Waals surface area contributed by atoms with Gasteiger partial charge in [0.1, 0.15) is 0 Å². The summed E-state index contributed by atoms with van der Waals surface area (Å²) in [5, 5.41) is 2.72. The van der Waals surface area contributed by atoms with E-state index in [-0.39, 0.29) is 5.04 Å². The van der Waals surface area contributed by atoms with Crippen LogP contribution in [0.25, 0.3) is 0 Å². The predicted molar refractivity (Wildman–Crippen MR) is 127 cm³/mol. The molecule has 3 heteroatoms. The Hall–Kier alpha value is -1.84. The van der Waals surface area contributed by atoms with Gasteiger partial charge in [-0.1, -0.05) is 94.9 Å². The van der Waals surface area contributed by atoms with Crippen molar-refractivity contribution < 1.29 is 9.16 Å². The molecule has 2 rings (SSSR count). The van der Waals surface area contributed by atoms with Crippen LogP contribution >= 0.6 is 0 Å². The molecular formula is C26H38O2Si. The van der Waals surface area contributed by atoms with Gasteiger partial charge in [0.05, 0.1) is 12.4 Å². The van der Waals surface area contributed by atoms with E-state index in [9.17, 15) is 0 Å². The molecule has 2 nitrogen and oxygen atoms in total. The quantitative estimate of drug-likeness (QED) is 0.260. The Morgan fingerprint density at radius 1 is 0.966 bits per heavy atom. The first-order valence-electron chi connectivity index (χ1n) is 10.9. The van der Waals surface area contributed by atoms with Gasteiger partial charge in [-0.3, -0.25) is 0 Å². The van der Waals surface area contributed by atoms with E-state index in [1.807, 2.05) is 6.92 Å². The summed E-state index contributed by atoms with van der Waals surface area (Å²) in [7, 11) is -2.41. The third-order valence-electron chi connectivity index (χ3n) is 5.50. The predicted octanol–water partition coefficient (Wildman–Crippen LogP) is 5.92. The van der Waals surface area contributed by atoms with Crippen molar-refractivity contribution in [1.29, 1.82) is 0 Å². The zero-order valence-electron chi connectivity index (χ0n) is 18.9. The Morgan fingerprint density at radius 3 is 1.93 bits per heavy atom. The van der Waals surface area contributed by atoms with Gasteiger partial charge in [0, 0.05) is 13.0 Å². The Bertz CT molecular complexity index is 695. The van der Waals surface area contributed by atoms with Crippen LogP contribution in [0.4, 0.5) is 0 Å². The lowest BCUT2D eigenvalue weighted by atomic mass is 10.0. The van der Waals surface area contributed by atoms with Crippen LogP contribution in [0.2, 0.25) is 5.04 Å². The summed E-state index contributed by atoms with van der Waals surface area (Å²) >= 11 is 0. The lowest BCUT2D eigenvalue weighted by Gasteiger charge is -2.43. The molecule has 0 bridgehead atoms. The van der Waals surface area contributed by atoms with Crippen molar-refractivity contribution in [2.45, 2.75) is 58.9 Å². The van der Waals surface area contributed by atoms with Gasteiger partial charge >= 0.3 is 0 Å². The molecule has 2 aromatic carbocycles. The molecule has 0 radical (unpaired) electrons. The SMILES string of the molecule is C=C(CC(C)CCCO[Si](c1ccccc1)(c1ccccc1)C(C)(C)C)OCC. The fourth-order valence-corrected chi connectivity index (χ4v) is 8.78. The van der Waals surface area contributed by atoms with Gasteiger partial charge in [-0.2, -0.15) is 0 Å². The van der Waals surface area contributed by atoms with E-state index < -0.39 is 8.32 Å². The average Bonchev–Trinajstić information content (AvgIpc) is 2.68. The third kappa shape index (κ3) is 6.07. The topological polar surface area (TPSA) is 18.5 Å². The highest BCUT2D eigenvalue weighted by atomic mass is 28.4. The summed E-state index contributed by atoms with van der Waals surface area (Å²) in [6, 6.07) is 21.7. The molecule has 0 aromatic heterocycles. The molecule has 0 N–H and O–H groups in total. The highest BCUT2D eigenvalue weighted by Crippen LogP contribution is 2.36. The van der Waals surface area contributed by atoms with Crippen molar-refractivity contribution in [3.63, 3.8) is 0 Å². The van der Waals surface area contributed by atoms with Crippen LogP contribution in [-0.2, 0) is 9.16 Å². The fourth-order valence-electron chi connectivity index (χ4n) is 4.17. The van der Waals surface area contributed by atoms with Gasteiger partial charge in [-0.05, 0) is 41.1 Å². The smallest absolute Gasteiger partial charge is 0.261 e. The number of hydrogen-bond acceptors (Lipinski definition) is 2. The molecule has 0 amide bonds. The molecule has 2 aromatic rings. The van der Waals surface area contributed by atoms with Crippen LogP contribution in [0.15, 0.2) is 73.0 Å². The standard InChI is InChI=1S/C26H38O2Si/c1-7-27-23(3)21-22(2)15-14-20-28-29(26(4,5)6,24-16-10-8-11-17-24)25-18-12-9-13-19-25/h8-13,16-19,22H,3,7,14-15,20-21H2,1-2,4-6H3. The molecule has 0 saturated heterocycles. The van der Waals surface area contributed by atoms with E-state index in [2.05, 4.69) is 94.9 Å². The second kappa shape index (κ2) is 10.8. The van der Waals surface area contributed by atoms with Crippen LogP contribution in [0.5, 0.6) is 0 Å². The molecule has 0 saturated carbocycles. The first-order chi connectivity index (χ1) is 13.8.